The quantitative estimate of drug-likeness (QED) is 0.491. The molecule has 154 valence electrons. The summed E-state index contributed by atoms with van der Waals surface area (Å²) in [5.74, 6) is 2.64. The number of hydrogen-bond acceptors (Lipinski definition) is 6. The van der Waals surface area contributed by atoms with Gasteiger partial charge in [-0.05, 0) is 45.4 Å². The monoisotopic (exact) mass is 406 g/mol. The Hall–Kier alpha value is -2.48. The predicted octanol–water partition coefficient (Wildman–Crippen LogP) is 3.43. The number of ether oxygens (including phenoxy) is 3. The molecule has 0 fully saturated rings. The van der Waals surface area contributed by atoms with Crippen molar-refractivity contribution in [2.75, 3.05) is 27.4 Å². The number of guanidine groups is 1. The smallest absolute Gasteiger partial charge is 0.203 e. The molecule has 1 heterocycles. The van der Waals surface area contributed by atoms with E-state index in [0.717, 1.165) is 28.8 Å². The van der Waals surface area contributed by atoms with Crippen molar-refractivity contribution in [2.24, 2.45) is 4.99 Å². The van der Waals surface area contributed by atoms with Crippen molar-refractivity contribution < 1.29 is 14.2 Å². The first-order valence-electron chi connectivity index (χ1n) is 9.35. The number of rotatable bonds is 9. The third-order valence-electron chi connectivity index (χ3n) is 3.99. The molecule has 0 saturated heterocycles. The van der Waals surface area contributed by atoms with Crippen molar-refractivity contribution in [3.05, 3.63) is 33.3 Å². The summed E-state index contributed by atoms with van der Waals surface area (Å²) in [6, 6.07) is 3.86. The lowest BCUT2D eigenvalue weighted by atomic mass is 10.2. The molecule has 1 aromatic carbocycles. The zero-order chi connectivity index (χ0) is 20.5. The summed E-state index contributed by atoms with van der Waals surface area (Å²) in [6.07, 6.45) is 0. The third-order valence-corrected chi connectivity index (χ3v) is 5.06. The van der Waals surface area contributed by atoms with Crippen LogP contribution in [0.3, 0.4) is 0 Å². The van der Waals surface area contributed by atoms with E-state index in [2.05, 4.69) is 20.6 Å². The van der Waals surface area contributed by atoms with Crippen LogP contribution < -0.4 is 24.8 Å². The molecule has 2 N–H and O–H groups in total. The second kappa shape index (κ2) is 10.8. The molecule has 0 spiro atoms. The first kappa shape index (κ1) is 21.8. The van der Waals surface area contributed by atoms with Gasteiger partial charge in [0.25, 0.3) is 0 Å². The molecule has 0 saturated carbocycles. The first-order chi connectivity index (χ1) is 13.5. The van der Waals surface area contributed by atoms with Crippen LogP contribution >= 0.6 is 11.3 Å². The molecule has 0 aliphatic heterocycles. The SMILES string of the molecule is CCNC(=NCc1cc(OC)c(OCC)c(OC)c1)NCc1sc(C)nc1C. The van der Waals surface area contributed by atoms with Crippen molar-refractivity contribution in [1.29, 1.82) is 0 Å². The molecule has 0 radical (unpaired) electrons. The standard InChI is InChI=1S/C20H30N4O3S/c1-7-21-20(23-12-18-13(3)24-14(4)28-18)22-11-15-9-16(25-5)19(27-8-2)17(10-15)26-6/h9-10H,7-8,11-12H2,1-6H3,(H2,21,22,23). The number of hydrogen-bond donors (Lipinski definition) is 2. The number of nitrogens with one attached hydrogen (secondary N) is 2. The fourth-order valence-corrected chi connectivity index (χ4v) is 3.60. The van der Waals surface area contributed by atoms with E-state index in [1.807, 2.05) is 39.8 Å². The van der Waals surface area contributed by atoms with E-state index >= 15 is 0 Å². The maximum Gasteiger partial charge on any atom is 0.203 e. The van der Waals surface area contributed by atoms with Crippen LogP contribution in [0.4, 0.5) is 0 Å². The van der Waals surface area contributed by atoms with Gasteiger partial charge >= 0.3 is 0 Å². The van der Waals surface area contributed by atoms with Gasteiger partial charge in [-0.15, -0.1) is 11.3 Å². The highest BCUT2D eigenvalue weighted by Crippen LogP contribution is 2.38. The highest BCUT2D eigenvalue weighted by Gasteiger charge is 2.14. The van der Waals surface area contributed by atoms with Gasteiger partial charge in [-0.2, -0.15) is 0 Å². The van der Waals surface area contributed by atoms with Gasteiger partial charge in [0.2, 0.25) is 5.75 Å². The number of methoxy groups -OCH3 is 2. The molecule has 28 heavy (non-hydrogen) atoms. The summed E-state index contributed by atoms with van der Waals surface area (Å²) in [7, 11) is 3.24. The number of thiazole rings is 1. The van der Waals surface area contributed by atoms with Crippen LogP contribution in [0, 0.1) is 13.8 Å². The highest BCUT2D eigenvalue weighted by molar-refractivity contribution is 7.11. The van der Waals surface area contributed by atoms with E-state index in [0.29, 0.717) is 36.9 Å². The number of aliphatic imine (C=N–C) groups is 1. The maximum atomic E-state index is 5.65. The van der Waals surface area contributed by atoms with Gasteiger partial charge in [0.1, 0.15) is 0 Å². The minimum Gasteiger partial charge on any atom is -0.493 e. The van der Waals surface area contributed by atoms with E-state index in [1.165, 1.54) is 4.88 Å². The van der Waals surface area contributed by atoms with Crippen LogP contribution in [0.2, 0.25) is 0 Å². The zero-order valence-electron chi connectivity index (χ0n) is 17.5. The fourth-order valence-electron chi connectivity index (χ4n) is 2.73. The predicted molar refractivity (Wildman–Crippen MR) is 114 cm³/mol. The van der Waals surface area contributed by atoms with Crippen molar-refractivity contribution in [3.8, 4) is 17.2 Å². The third kappa shape index (κ3) is 5.76. The fraction of sp³-hybridized carbons (Fsp3) is 0.500. The van der Waals surface area contributed by atoms with Gasteiger partial charge in [0.15, 0.2) is 17.5 Å². The Morgan fingerprint density at radius 3 is 2.29 bits per heavy atom. The molecule has 7 nitrogen and oxygen atoms in total. The summed E-state index contributed by atoms with van der Waals surface area (Å²) >= 11 is 1.70. The molecule has 0 unspecified atom stereocenters. The van der Waals surface area contributed by atoms with E-state index < -0.39 is 0 Å². The van der Waals surface area contributed by atoms with Crippen LogP contribution in [-0.2, 0) is 13.1 Å². The van der Waals surface area contributed by atoms with Crippen LogP contribution in [0.1, 0.15) is 35.0 Å². The van der Waals surface area contributed by atoms with Crippen LogP contribution in [0.15, 0.2) is 17.1 Å². The van der Waals surface area contributed by atoms with Crippen molar-refractivity contribution in [1.82, 2.24) is 15.6 Å². The molecule has 0 amide bonds. The topological polar surface area (TPSA) is 77.0 Å². The van der Waals surface area contributed by atoms with Gasteiger partial charge < -0.3 is 24.8 Å². The average molecular weight is 407 g/mol. The Morgan fingerprint density at radius 2 is 1.79 bits per heavy atom. The molecule has 8 heteroatoms. The Kier molecular flexibility index (Phi) is 8.38. The maximum absolute atomic E-state index is 5.65. The van der Waals surface area contributed by atoms with E-state index in [1.54, 1.807) is 25.6 Å². The Balaban J connectivity index is 2.16. The molecular weight excluding hydrogens is 376 g/mol. The zero-order valence-corrected chi connectivity index (χ0v) is 18.3. The summed E-state index contributed by atoms with van der Waals surface area (Å²) < 4.78 is 16.6. The molecule has 0 bridgehead atoms. The van der Waals surface area contributed by atoms with E-state index in [9.17, 15) is 0 Å². The number of nitrogens with zero attached hydrogens (tertiary/aromatic N) is 2. The number of aryl methyl sites for hydroxylation is 2. The van der Waals surface area contributed by atoms with Gasteiger partial charge in [0.05, 0.1) is 44.6 Å². The first-order valence-corrected chi connectivity index (χ1v) is 10.2. The van der Waals surface area contributed by atoms with Crippen LogP contribution in [0.5, 0.6) is 17.2 Å². The summed E-state index contributed by atoms with van der Waals surface area (Å²) in [6.45, 7) is 10.5. The van der Waals surface area contributed by atoms with E-state index in [-0.39, 0.29) is 0 Å². The molecule has 0 aliphatic rings. The van der Waals surface area contributed by atoms with Crippen LogP contribution in [0.25, 0.3) is 0 Å². The largest absolute Gasteiger partial charge is 0.493 e. The Morgan fingerprint density at radius 1 is 1.11 bits per heavy atom. The number of aromatic nitrogens is 1. The lowest BCUT2D eigenvalue weighted by molar-refractivity contribution is 0.288. The summed E-state index contributed by atoms with van der Waals surface area (Å²) in [5.41, 5.74) is 2.03. The van der Waals surface area contributed by atoms with Crippen molar-refractivity contribution >= 4 is 17.3 Å². The normalized spacial score (nSPS) is 11.3. The van der Waals surface area contributed by atoms with Crippen molar-refractivity contribution in [3.63, 3.8) is 0 Å². The molecule has 1 aromatic heterocycles. The molecule has 2 rings (SSSR count). The Bertz CT molecular complexity index is 780. The molecule has 2 aromatic rings. The molecule has 0 atom stereocenters. The lowest BCUT2D eigenvalue weighted by Crippen LogP contribution is -2.36. The lowest BCUT2D eigenvalue weighted by Gasteiger charge is -2.15. The van der Waals surface area contributed by atoms with Gasteiger partial charge in [-0.3, -0.25) is 0 Å². The van der Waals surface area contributed by atoms with Gasteiger partial charge in [-0.25, -0.2) is 9.98 Å². The minimum absolute atomic E-state index is 0.481. The average Bonchev–Trinajstić information content (AvgIpc) is 3.01. The van der Waals surface area contributed by atoms with Crippen LogP contribution in [-0.4, -0.2) is 38.3 Å². The van der Waals surface area contributed by atoms with Gasteiger partial charge in [0, 0.05) is 11.4 Å². The van der Waals surface area contributed by atoms with E-state index in [4.69, 9.17) is 14.2 Å². The second-order valence-corrected chi connectivity index (χ2v) is 7.34. The molecule has 0 aliphatic carbocycles. The Labute approximate surface area is 171 Å². The second-order valence-electron chi connectivity index (χ2n) is 6.05. The minimum atomic E-state index is 0.481. The number of benzene rings is 1. The highest BCUT2D eigenvalue weighted by atomic mass is 32.1. The van der Waals surface area contributed by atoms with Crippen molar-refractivity contribution in [2.45, 2.75) is 40.8 Å². The van der Waals surface area contributed by atoms with Gasteiger partial charge in [-0.1, -0.05) is 0 Å². The summed E-state index contributed by atoms with van der Waals surface area (Å²) in [5, 5.41) is 7.72. The molecular formula is C20H30N4O3S. The summed E-state index contributed by atoms with van der Waals surface area (Å²) in [4.78, 5) is 10.4.